The summed E-state index contributed by atoms with van der Waals surface area (Å²) >= 11 is 5.87. The highest BCUT2D eigenvalue weighted by Crippen LogP contribution is 2.19. The van der Waals surface area contributed by atoms with E-state index in [1.807, 2.05) is 11.8 Å². The fourth-order valence-corrected chi connectivity index (χ4v) is 2.66. The highest BCUT2D eigenvalue weighted by Gasteiger charge is 2.25. The number of amides is 1. The maximum Gasteiger partial charge on any atom is 0.489 e. The van der Waals surface area contributed by atoms with Crippen LogP contribution in [0.5, 0.6) is 0 Å². The van der Waals surface area contributed by atoms with Crippen LogP contribution in [0.3, 0.4) is 0 Å². The molecular weight excluding hydrogens is 264 g/mol. The van der Waals surface area contributed by atoms with Gasteiger partial charge in [0.1, 0.15) is 0 Å². The molecule has 1 aromatic carbocycles. The highest BCUT2D eigenvalue weighted by atomic mass is 35.5. The Morgan fingerprint density at radius 1 is 1.42 bits per heavy atom. The Bertz CT molecular complexity index is 481. The van der Waals surface area contributed by atoms with Gasteiger partial charge in [-0.25, -0.2) is 0 Å². The average molecular weight is 282 g/mol. The Morgan fingerprint density at radius 3 is 2.79 bits per heavy atom. The van der Waals surface area contributed by atoms with Crippen LogP contribution in [0, 0.1) is 0 Å². The van der Waals surface area contributed by atoms with Crippen molar-refractivity contribution in [3.05, 3.63) is 28.8 Å². The first-order valence-electron chi connectivity index (χ1n) is 6.47. The van der Waals surface area contributed by atoms with Crippen LogP contribution >= 0.6 is 11.6 Å². The molecule has 0 spiro atoms. The van der Waals surface area contributed by atoms with Crippen LogP contribution in [-0.4, -0.2) is 40.6 Å². The average Bonchev–Trinajstić information content (AvgIpc) is 2.38. The van der Waals surface area contributed by atoms with E-state index in [0.717, 1.165) is 25.8 Å². The van der Waals surface area contributed by atoms with Crippen molar-refractivity contribution < 1.29 is 14.8 Å². The van der Waals surface area contributed by atoms with E-state index in [2.05, 4.69) is 0 Å². The normalized spacial score (nSPS) is 19.4. The van der Waals surface area contributed by atoms with Crippen molar-refractivity contribution in [1.29, 1.82) is 0 Å². The van der Waals surface area contributed by atoms with Crippen molar-refractivity contribution >= 4 is 30.1 Å². The van der Waals surface area contributed by atoms with E-state index in [1.54, 1.807) is 6.07 Å². The monoisotopic (exact) mass is 281 g/mol. The fourth-order valence-electron chi connectivity index (χ4n) is 2.44. The van der Waals surface area contributed by atoms with Crippen molar-refractivity contribution in [2.75, 3.05) is 6.54 Å². The number of hydrogen-bond acceptors (Lipinski definition) is 3. The van der Waals surface area contributed by atoms with Gasteiger partial charge in [0.15, 0.2) is 0 Å². The van der Waals surface area contributed by atoms with Crippen molar-refractivity contribution in [3.8, 4) is 0 Å². The molecule has 1 saturated heterocycles. The molecule has 6 heteroatoms. The van der Waals surface area contributed by atoms with Gasteiger partial charge in [0.2, 0.25) is 0 Å². The molecule has 1 heterocycles. The molecule has 2 rings (SSSR count). The Hall–Kier alpha value is -1.04. The van der Waals surface area contributed by atoms with E-state index in [1.165, 1.54) is 12.1 Å². The summed E-state index contributed by atoms with van der Waals surface area (Å²) in [4.78, 5) is 14.2. The topological polar surface area (TPSA) is 60.8 Å². The summed E-state index contributed by atoms with van der Waals surface area (Å²) in [6.45, 7) is 2.79. The first kappa shape index (κ1) is 14.4. The molecule has 0 aliphatic carbocycles. The number of halogens is 1. The van der Waals surface area contributed by atoms with Crippen LogP contribution in [0.4, 0.5) is 0 Å². The lowest BCUT2D eigenvalue weighted by molar-refractivity contribution is 0.0636. The Labute approximate surface area is 118 Å². The van der Waals surface area contributed by atoms with Crippen LogP contribution in [-0.2, 0) is 0 Å². The first-order valence-corrected chi connectivity index (χ1v) is 6.85. The molecule has 4 nitrogen and oxygen atoms in total. The van der Waals surface area contributed by atoms with Gasteiger partial charge in [0, 0.05) is 28.6 Å². The van der Waals surface area contributed by atoms with E-state index in [-0.39, 0.29) is 22.4 Å². The lowest BCUT2D eigenvalue weighted by Gasteiger charge is -2.33. The SMILES string of the molecule is CC1CCCCN1C(=O)c1ccc(Cl)c(B(O)O)c1. The standard InChI is InChI=1S/C13H17BClNO3/c1-9-4-2-3-7-16(9)13(17)10-5-6-12(15)11(8-10)14(18)19/h5-6,8-9,18-19H,2-4,7H2,1H3. The number of hydrogen-bond donors (Lipinski definition) is 2. The quantitative estimate of drug-likeness (QED) is 0.796. The number of piperidine rings is 1. The molecule has 1 fully saturated rings. The molecule has 0 saturated carbocycles. The summed E-state index contributed by atoms with van der Waals surface area (Å²) in [7, 11) is -1.67. The van der Waals surface area contributed by atoms with Crippen LogP contribution < -0.4 is 5.46 Å². The second-order valence-corrected chi connectivity index (χ2v) is 5.36. The molecule has 19 heavy (non-hydrogen) atoms. The minimum Gasteiger partial charge on any atom is -0.423 e. The number of carbonyl (C=O) groups is 1. The second-order valence-electron chi connectivity index (χ2n) is 4.95. The van der Waals surface area contributed by atoms with Crippen LogP contribution in [0.1, 0.15) is 36.5 Å². The van der Waals surface area contributed by atoms with E-state index in [9.17, 15) is 14.8 Å². The summed E-state index contributed by atoms with van der Waals surface area (Å²) < 4.78 is 0. The van der Waals surface area contributed by atoms with Gasteiger partial charge in [-0.3, -0.25) is 4.79 Å². The third-order valence-corrected chi connectivity index (χ3v) is 3.93. The molecule has 1 aliphatic heterocycles. The Morgan fingerprint density at radius 2 is 2.16 bits per heavy atom. The number of benzene rings is 1. The van der Waals surface area contributed by atoms with Gasteiger partial charge in [-0.05, 0) is 44.4 Å². The molecule has 1 aliphatic rings. The molecule has 102 valence electrons. The van der Waals surface area contributed by atoms with Gasteiger partial charge in [-0.1, -0.05) is 11.6 Å². The van der Waals surface area contributed by atoms with Gasteiger partial charge in [-0.2, -0.15) is 0 Å². The zero-order valence-corrected chi connectivity index (χ0v) is 11.6. The summed E-state index contributed by atoms with van der Waals surface area (Å²) in [5.74, 6) is -0.0780. The van der Waals surface area contributed by atoms with Crippen molar-refractivity contribution in [1.82, 2.24) is 4.90 Å². The third-order valence-electron chi connectivity index (χ3n) is 3.58. The highest BCUT2D eigenvalue weighted by molar-refractivity contribution is 6.62. The molecule has 1 atom stereocenters. The van der Waals surface area contributed by atoms with Crippen LogP contribution in [0.15, 0.2) is 18.2 Å². The van der Waals surface area contributed by atoms with E-state index in [0.29, 0.717) is 5.56 Å². The molecule has 0 radical (unpaired) electrons. The molecule has 2 N–H and O–H groups in total. The molecule has 1 unspecified atom stereocenters. The van der Waals surface area contributed by atoms with Crippen molar-refractivity contribution in [2.45, 2.75) is 32.2 Å². The zero-order chi connectivity index (χ0) is 14.0. The maximum absolute atomic E-state index is 12.4. The number of likely N-dealkylation sites (tertiary alicyclic amines) is 1. The largest absolute Gasteiger partial charge is 0.489 e. The van der Waals surface area contributed by atoms with E-state index in [4.69, 9.17) is 11.6 Å². The van der Waals surface area contributed by atoms with Crippen molar-refractivity contribution in [3.63, 3.8) is 0 Å². The smallest absolute Gasteiger partial charge is 0.423 e. The molecule has 0 aromatic heterocycles. The number of carbonyl (C=O) groups excluding carboxylic acids is 1. The maximum atomic E-state index is 12.4. The third kappa shape index (κ3) is 3.11. The predicted octanol–water partition coefficient (Wildman–Crippen LogP) is 1.03. The first-order chi connectivity index (χ1) is 9.00. The Kier molecular flexibility index (Phi) is 4.50. The van der Waals surface area contributed by atoms with E-state index < -0.39 is 7.12 Å². The minimum absolute atomic E-state index is 0.0780. The van der Waals surface area contributed by atoms with Crippen LogP contribution in [0.2, 0.25) is 5.02 Å². The summed E-state index contributed by atoms with van der Waals surface area (Å²) in [6, 6.07) is 4.83. The molecule has 1 aromatic rings. The minimum atomic E-state index is -1.67. The lowest BCUT2D eigenvalue weighted by atomic mass is 9.79. The summed E-state index contributed by atoms with van der Waals surface area (Å²) in [5.41, 5.74) is 0.610. The zero-order valence-electron chi connectivity index (χ0n) is 10.8. The van der Waals surface area contributed by atoms with Gasteiger partial charge in [-0.15, -0.1) is 0 Å². The Balaban J connectivity index is 2.26. The fraction of sp³-hybridized carbons (Fsp3) is 0.462. The van der Waals surface area contributed by atoms with Gasteiger partial charge in [0.25, 0.3) is 5.91 Å². The molecule has 1 amide bonds. The number of nitrogens with zero attached hydrogens (tertiary/aromatic N) is 1. The molecular formula is C13H17BClNO3. The predicted molar refractivity (Wildman–Crippen MR) is 75.6 cm³/mol. The number of rotatable bonds is 2. The van der Waals surface area contributed by atoms with Gasteiger partial charge >= 0.3 is 7.12 Å². The van der Waals surface area contributed by atoms with Gasteiger partial charge < -0.3 is 14.9 Å². The van der Waals surface area contributed by atoms with E-state index >= 15 is 0 Å². The summed E-state index contributed by atoms with van der Waals surface area (Å²) in [5, 5.41) is 18.7. The van der Waals surface area contributed by atoms with Crippen LogP contribution in [0.25, 0.3) is 0 Å². The van der Waals surface area contributed by atoms with Crippen molar-refractivity contribution in [2.24, 2.45) is 0 Å². The van der Waals surface area contributed by atoms with Gasteiger partial charge in [0.05, 0.1) is 0 Å². The molecule has 0 bridgehead atoms. The second kappa shape index (κ2) is 5.95. The lowest BCUT2D eigenvalue weighted by Crippen LogP contribution is -2.42. The summed E-state index contributed by atoms with van der Waals surface area (Å²) in [6.07, 6.45) is 3.17.